The van der Waals surface area contributed by atoms with E-state index in [1.54, 1.807) is 6.07 Å². The minimum absolute atomic E-state index is 0.198. The third-order valence-corrected chi connectivity index (χ3v) is 5.56. The summed E-state index contributed by atoms with van der Waals surface area (Å²) < 4.78 is 38.9. The SMILES string of the molecule is Cc1ccc([C@H](C)NC(=O)CN(Cc2ccccc2F)S(C)(=O)=O)c(C)c1. The summed E-state index contributed by atoms with van der Waals surface area (Å²) in [6.07, 6.45) is 1.01. The first-order chi connectivity index (χ1) is 12.6. The van der Waals surface area contributed by atoms with Gasteiger partial charge >= 0.3 is 0 Å². The lowest BCUT2D eigenvalue weighted by Crippen LogP contribution is -2.40. The number of amides is 1. The van der Waals surface area contributed by atoms with E-state index in [1.165, 1.54) is 18.2 Å². The van der Waals surface area contributed by atoms with Gasteiger partial charge in [0.1, 0.15) is 5.82 Å². The molecule has 2 rings (SSSR count). The van der Waals surface area contributed by atoms with Crippen LogP contribution in [0.1, 0.15) is 35.2 Å². The van der Waals surface area contributed by atoms with Gasteiger partial charge in [-0.05, 0) is 38.0 Å². The van der Waals surface area contributed by atoms with Crippen LogP contribution in [0.25, 0.3) is 0 Å². The zero-order chi connectivity index (χ0) is 20.2. The minimum Gasteiger partial charge on any atom is -0.348 e. The van der Waals surface area contributed by atoms with E-state index in [2.05, 4.69) is 5.32 Å². The minimum atomic E-state index is -3.68. The highest BCUT2D eigenvalue weighted by Crippen LogP contribution is 2.19. The third-order valence-electron chi connectivity index (χ3n) is 4.36. The summed E-state index contributed by atoms with van der Waals surface area (Å²) in [7, 11) is -3.68. The molecule has 0 fully saturated rings. The van der Waals surface area contributed by atoms with E-state index in [1.807, 2.05) is 39.0 Å². The Bertz CT molecular complexity index is 929. The lowest BCUT2D eigenvalue weighted by atomic mass is 10.0. The summed E-state index contributed by atoms with van der Waals surface area (Å²) in [6, 6.07) is 11.6. The fourth-order valence-corrected chi connectivity index (χ4v) is 3.67. The van der Waals surface area contributed by atoms with Gasteiger partial charge < -0.3 is 5.32 Å². The Hall–Kier alpha value is -2.25. The molecule has 0 spiro atoms. The molecule has 0 unspecified atom stereocenters. The molecule has 0 heterocycles. The molecular weight excluding hydrogens is 367 g/mol. The molecule has 146 valence electrons. The molecule has 0 aromatic heterocycles. The monoisotopic (exact) mass is 392 g/mol. The summed E-state index contributed by atoms with van der Waals surface area (Å²) in [6.45, 7) is 5.23. The number of rotatable bonds is 7. The maximum absolute atomic E-state index is 13.9. The molecule has 0 bridgehead atoms. The number of benzene rings is 2. The van der Waals surface area contributed by atoms with Gasteiger partial charge in [-0.2, -0.15) is 4.31 Å². The van der Waals surface area contributed by atoms with Gasteiger partial charge in [-0.25, -0.2) is 12.8 Å². The average Bonchev–Trinajstić information content (AvgIpc) is 2.55. The van der Waals surface area contributed by atoms with Gasteiger partial charge in [-0.3, -0.25) is 4.79 Å². The van der Waals surface area contributed by atoms with Crippen LogP contribution in [-0.2, 0) is 21.4 Å². The maximum Gasteiger partial charge on any atom is 0.235 e. The van der Waals surface area contributed by atoms with Crippen molar-refractivity contribution in [1.29, 1.82) is 0 Å². The van der Waals surface area contributed by atoms with Crippen LogP contribution in [-0.4, -0.2) is 31.4 Å². The van der Waals surface area contributed by atoms with Crippen LogP contribution in [0, 0.1) is 19.7 Å². The van der Waals surface area contributed by atoms with E-state index >= 15 is 0 Å². The predicted octanol–water partition coefficient (Wildman–Crippen LogP) is 3.08. The number of sulfonamides is 1. The molecule has 0 aliphatic heterocycles. The van der Waals surface area contributed by atoms with E-state index in [9.17, 15) is 17.6 Å². The molecule has 0 aliphatic carbocycles. The average molecular weight is 392 g/mol. The number of carbonyl (C=O) groups is 1. The third kappa shape index (κ3) is 5.87. The molecule has 7 heteroatoms. The molecule has 0 saturated carbocycles. The van der Waals surface area contributed by atoms with Crippen molar-refractivity contribution in [3.05, 3.63) is 70.5 Å². The first-order valence-corrected chi connectivity index (χ1v) is 10.5. The van der Waals surface area contributed by atoms with Crippen molar-refractivity contribution in [3.63, 3.8) is 0 Å². The number of hydrogen-bond donors (Lipinski definition) is 1. The number of nitrogens with zero attached hydrogens (tertiary/aromatic N) is 1. The highest BCUT2D eigenvalue weighted by atomic mass is 32.2. The lowest BCUT2D eigenvalue weighted by molar-refractivity contribution is -0.122. The summed E-state index contributed by atoms with van der Waals surface area (Å²) in [5.74, 6) is -0.945. The first-order valence-electron chi connectivity index (χ1n) is 8.63. The van der Waals surface area contributed by atoms with Crippen molar-refractivity contribution in [2.75, 3.05) is 12.8 Å². The second-order valence-electron chi connectivity index (χ2n) is 6.77. The van der Waals surface area contributed by atoms with E-state index < -0.39 is 21.7 Å². The topological polar surface area (TPSA) is 66.5 Å². The molecule has 1 amide bonds. The van der Waals surface area contributed by atoms with Crippen LogP contribution in [0.2, 0.25) is 0 Å². The van der Waals surface area contributed by atoms with E-state index in [4.69, 9.17) is 0 Å². The van der Waals surface area contributed by atoms with Gasteiger partial charge in [-0.15, -0.1) is 0 Å². The van der Waals surface area contributed by atoms with Crippen molar-refractivity contribution in [2.24, 2.45) is 0 Å². The van der Waals surface area contributed by atoms with Gasteiger partial charge in [-0.1, -0.05) is 42.0 Å². The predicted molar refractivity (Wildman–Crippen MR) is 104 cm³/mol. The Kier molecular flexibility index (Phi) is 6.73. The van der Waals surface area contributed by atoms with Crippen molar-refractivity contribution in [2.45, 2.75) is 33.4 Å². The molecule has 1 atom stereocenters. The second-order valence-corrected chi connectivity index (χ2v) is 8.75. The molecule has 2 aromatic rings. The Morgan fingerprint density at radius 2 is 1.85 bits per heavy atom. The van der Waals surface area contributed by atoms with Crippen LogP contribution in [0.4, 0.5) is 4.39 Å². The number of nitrogens with one attached hydrogen (secondary N) is 1. The van der Waals surface area contributed by atoms with Crippen LogP contribution in [0.15, 0.2) is 42.5 Å². The summed E-state index contributed by atoms with van der Waals surface area (Å²) in [4.78, 5) is 12.4. The Morgan fingerprint density at radius 3 is 2.44 bits per heavy atom. The highest BCUT2D eigenvalue weighted by molar-refractivity contribution is 7.88. The normalized spacial score (nSPS) is 12.8. The molecule has 2 aromatic carbocycles. The summed E-state index contributed by atoms with van der Waals surface area (Å²) >= 11 is 0. The Morgan fingerprint density at radius 1 is 1.19 bits per heavy atom. The van der Waals surface area contributed by atoms with E-state index in [0.29, 0.717) is 0 Å². The largest absolute Gasteiger partial charge is 0.348 e. The Balaban J connectivity index is 2.11. The summed E-state index contributed by atoms with van der Waals surface area (Å²) in [5, 5.41) is 2.82. The molecule has 5 nitrogen and oxygen atoms in total. The van der Waals surface area contributed by atoms with Crippen LogP contribution >= 0.6 is 0 Å². The van der Waals surface area contributed by atoms with Crippen molar-refractivity contribution >= 4 is 15.9 Å². The molecule has 0 radical (unpaired) electrons. The van der Waals surface area contributed by atoms with E-state index in [-0.39, 0.29) is 24.7 Å². The number of carbonyl (C=O) groups excluding carboxylic acids is 1. The first kappa shape index (κ1) is 21.1. The van der Waals surface area contributed by atoms with Crippen LogP contribution in [0.5, 0.6) is 0 Å². The highest BCUT2D eigenvalue weighted by Gasteiger charge is 2.23. The zero-order valence-corrected chi connectivity index (χ0v) is 16.8. The standard InChI is InChI=1S/C20H25FN2O3S/c1-14-9-10-18(15(2)11-14)16(3)22-20(24)13-23(27(4,25)26)12-17-7-5-6-8-19(17)21/h5-11,16H,12-13H2,1-4H3,(H,22,24)/t16-/m0/s1. The Labute approximate surface area is 160 Å². The number of halogens is 1. The molecule has 27 heavy (non-hydrogen) atoms. The molecular formula is C20H25FN2O3S. The summed E-state index contributed by atoms with van der Waals surface area (Å²) in [5.41, 5.74) is 3.36. The van der Waals surface area contributed by atoms with Gasteiger partial charge in [0, 0.05) is 12.1 Å². The van der Waals surface area contributed by atoms with Crippen LogP contribution in [0.3, 0.4) is 0 Å². The lowest BCUT2D eigenvalue weighted by Gasteiger charge is -2.22. The number of aryl methyl sites for hydroxylation is 2. The maximum atomic E-state index is 13.9. The van der Waals surface area contributed by atoms with Crippen molar-refractivity contribution in [1.82, 2.24) is 9.62 Å². The van der Waals surface area contributed by atoms with Gasteiger partial charge in [0.05, 0.1) is 18.8 Å². The fraction of sp³-hybridized carbons (Fsp3) is 0.350. The molecule has 1 N–H and O–H groups in total. The van der Waals surface area contributed by atoms with Crippen molar-refractivity contribution in [3.8, 4) is 0 Å². The van der Waals surface area contributed by atoms with Gasteiger partial charge in [0.2, 0.25) is 15.9 Å². The smallest absolute Gasteiger partial charge is 0.235 e. The van der Waals surface area contributed by atoms with Gasteiger partial charge in [0.25, 0.3) is 0 Å². The number of hydrogen-bond acceptors (Lipinski definition) is 3. The molecule has 0 saturated heterocycles. The second kappa shape index (κ2) is 8.63. The fourth-order valence-electron chi connectivity index (χ4n) is 2.94. The van der Waals surface area contributed by atoms with Gasteiger partial charge in [0.15, 0.2) is 0 Å². The molecule has 0 aliphatic rings. The van der Waals surface area contributed by atoms with E-state index in [0.717, 1.165) is 27.3 Å². The zero-order valence-electron chi connectivity index (χ0n) is 16.0. The van der Waals surface area contributed by atoms with Crippen molar-refractivity contribution < 1.29 is 17.6 Å². The van der Waals surface area contributed by atoms with Crippen LogP contribution < -0.4 is 5.32 Å². The quantitative estimate of drug-likeness (QED) is 0.787.